The third-order valence-corrected chi connectivity index (χ3v) is 4.94. The predicted molar refractivity (Wildman–Crippen MR) is 92.5 cm³/mol. The topological polar surface area (TPSA) is 50.9 Å². The molecule has 0 aliphatic heterocycles. The van der Waals surface area contributed by atoms with Crippen LogP contribution in [0.3, 0.4) is 0 Å². The van der Waals surface area contributed by atoms with Crippen LogP contribution in [0, 0.1) is 0 Å². The average Bonchev–Trinajstić information content (AvgIpc) is 2.86. The molecule has 1 aromatic heterocycles. The Kier molecular flexibility index (Phi) is 4.57. The van der Waals surface area contributed by atoms with Crippen LogP contribution in [0.2, 0.25) is 5.02 Å². The summed E-state index contributed by atoms with van der Waals surface area (Å²) in [6, 6.07) is 13.9. The molecule has 0 radical (unpaired) electrons. The summed E-state index contributed by atoms with van der Waals surface area (Å²) in [7, 11) is 0. The second kappa shape index (κ2) is 6.42. The van der Waals surface area contributed by atoms with Gasteiger partial charge in [-0.1, -0.05) is 39.7 Å². The summed E-state index contributed by atoms with van der Waals surface area (Å²) in [5.41, 5.74) is 4.92. The van der Waals surface area contributed by atoms with Crippen molar-refractivity contribution in [3.8, 4) is 0 Å². The summed E-state index contributed by atoms with van der Waals surface area (Å²) < 4.78 is 2.13. The minimum absolute atomic E-state index is 0.0273. The Balaban J connectivity index is 1.89. The zero-order valence-corrected chi connectivity index (χ0v) is 14.2. The van der Waals surface area contributed by atoms with E-state index < -0.39 is 0 Å². The van der Waals surface area contributed by atoms with Crippen molar-refractivity contribution >= 4 is 49.1 Å². The first-order valence-electron chi connectivity index (χ1n) is 6.42. The number of fused-ring (bicyclic) bond motifs is 1. The van der Waals surface area contributed by atoms with Crippen molar-refractivity contribution in [2.45, 2.75) is 12.5 Å². The lowest BCUT2D eigenvalue weighted by Gasteiger charge is -2.15. The summed E-state index contributed by atoms with van der Waals surface area (Å²) in [6.45, 7) is 0. The van der Waals surface area contributed by atoms with Gasteiger partial charge in [-0.15, -0.1) is 11.3 Å². The van der Waals surface area contributed by atoms with Crippen molar-refractivity contribution in [2.24, 2.45) is 5.84 Å². The van der Waals surface area contributed by atoms with E-state index >= 15 is 0 Å². The second-order valence-electron chi connectivity index (χ2n) is 4.70. The minimum atomic E-state index is -0.0273. The molecule has 0 amide bonds. The number of thiazole rings is 1. The quantitative estimate of drug-likeness (QED) is 0.517. The molecule has 6 heteroatoms. The summed E-state index contributed by atoms with van der Waals surface area (Å²) in [6.07, 6.45) is 0.725. The van der Waals surface area contributed by atoms with Gasteiger partial charge in [-0.3, -0.25) is 11.3 Å². The van der Waals surface area contributed by atoms with Gasteiger partial charge >= 0.3 is 0 Å². The van der Waals surface area contributed by atoms with E-state index in [1.165, 1.54) is 4.70 Å². The van der Waals surface area contributed by atoms with Crippen LogP contribution in [0.25, 0.3) is 10.2 Å². The lowest BCUT2D eigenvalue weighted by molar-refractivity contribution is 0.551. The molecule has 0 aliphatic carbocycles. The third kappa shape index (κ3) is 3.44. The van der Waals surface area contributed by atoms with E-state index in [0.29, 0.717) is 5.02 Å². The molecule has 0 saturated carbocycles. The van der Waals surface area contributed by atoms with Crippen LogP contribution in [0.5, 0.6) is 0 Å². The Bertz CT molecular complexity index is 721. The summed E-state index contributed by atoms with van der Waals surface area (Å²) in [5.74, 6) is 5.72. The van der Waals surface area contributed by atoms with Crippen molar-refractivity contribution in [2.75, 3.05) is 0 Å². The number of nitrogens with one attached hydrogen (secondary N) is 1. The molecular formula is C15H13BrClN3S. The summed E-state index contributed by atoms with van der Waals surface area (Å²) in [4.78, 5) is 4.65. The molecule has 2 aromatic carbocycles. The monoisotopic (exact) mass is 381 g/mol. The number of hydrogen-bond donors (Lipinski definition) is 2. The number of rotatable bonds is 4. The predicted octanol–water partition coefficient (Wildman–Crippen LogP) is 4.46. The zero-order chi connectivity index (χ0) is 14.8. The highest BCUT2D eigenvalue weighted by Crippen LogP contribution is 2.28. The second-order valence-corrected chi connectivity index (χ2v) is 7.17. The molecule has 3 nitrogen and oxygen atoms in total. The number of hydrazine groups is 1. The van der Waals surface area contributed by atoms with Gasteiger partial charge in [0.05, 0.1) is 21.3 Å². The fourth-order valence-electron chi connectivity index (χ4n) is 2.23. The molecule has 0 spiro atoms. The van der Waals surface area contributed by atoms with Crippen LogP contribution in [-0.2, 0) is 6.42 Å². The maximum absolute atomic E-state index is 6.11. The first-order chi connectivity index (χ1) is 10.2. The van der Waals surface area contributed by atoms with Gasteiger partial charge in [-0.25, -0.2) is 4.98 Å². The maximum Gasteiger partial charge on any atom is 0.0958 e. The molecular weight excluding hydrogens is 370 g/mol. The number of nitrogens with two attached hydrogens (primary N) is 1. The molecule has 0 aliphatic rings. The van der Waals surface area contributed by atoms with E-state index in [2.05, 4.69) is 32.4 Å². The van der Waals surface area contributed by atoms with Gasteiger partial charge in [0.15, 0.2) is 0 Å². The molecule has 1 atom stereocenters. The number of hydrogen-bond acceptors (Lipinski definition) is 4. The number of nitrogens with zero attached hydrogens (tertiary/aromatic N) is 1. The highest BCUT2D eigenvalue weighted by Gasteiger charge is 2.15. The Hall–Kier alpha value is -0.980. The fourth-order valence-corrected chi connectivity index (χ4v) is 4.13. The van der Waals surface area contributed by atoms with Crippen LogP contribution in [-0.4, -0.2) is 4.98 Å². The largest absolute Gasteiger partial charge is 0.271 e. The first-order valence-corrected chi connectivity index (χ1v) is 8.41. The van der Waals surface area contributed by atoms with Gasteiger partial charge in [0.1, 0.15) is 0 Å². The molecule has 21 heavy (non-hydrogen) atoms. The normalized spacial score (nSPS) is 12.7. The standard InChI is InChI=1S/C15H13BrClN3S/c16-10-5-9(6-11(17)7-10)13(20-18)8-15-19-12-3-1-2-4-14(12)21-15/h1-7,13,20H,8,18H2. The molecule has 0 bridgehead atoms. The molecule has 3 aromatic rings. The van der Waals surface area contributed by atoms with Crippen molar-refractivity contribution in [3.63, 3.8) is 0 Å². The van der Waals surface area contributed by atoms with Crippen LogP contribution in [0.15, 0.2) is 46.9 Å². The van der Waals surface area contributed by atoms with Crippen molar-refractivity contribution in [3.05, 3.63) is 62.5 Å². The van der Waals surface area contributed by atoms with Crippen LogP contribution in [0.4, 0.5) is 0 Å². The van der Waals surface area contributed by atoms with Gasteiger partial charge in [-0.05, 0) is 35.9 Å². The number of benzene rings is 2. The lowest BCUT2D eigenvalue weighted by atomic mass is 10.1. The molecule has 3 rings (SSSR count). The molecule has 0 saturated heterocycles. The average molecular weight is 383 g/mol. The van der Waals surface area contributed by atoms with Crippen LogP contribution < -0.4 is 11.3 Å². The van der Waals surface area contributed by atoms with E-state index in [1.54, 1.807) is 11.3 Å². The number of aromatic nitrogens is 1. The third-order valence-electron chi connectivity index (χ3n) is 3.21. The van der Waals surface area contributed by atoms with Crippen molar-refractivity contribution < 1.29 is 0 Å². The van der Waals surface area contributed by atoms with Gasteiger partial charge in [0.2, 0.25) is 0 Å². The maximum atomic E-state index is 6.11. The Morgan fingerprint density at radius 3 is 2.81 bits per heavy atom. The van der Waals surface area contributed by atoms with Gasteiger partial charge < -0.3 is 0 Å². The number of halogens is 2. The lowest BCUT2D eigenvalue weighted by Crippen LogP contribution is -2.29. The highest BCUT2D eigenvalue weighted by atomic mass is 79.9. The molecule has 108 valence electrons. The zero-order valence-electron chi connectivity index (χ0n) is 11.0. The Morgan fingerprint density at radius 1 is 1.29 bits per heavy atom. The smallest absolute Gasteiger partial charge is 0.0958 e. The van der Waals surface area contributed by atoms with Crippen molar-refractivity contribution in [1.29, 1.82) is 0 Å². The summed E-state index contributed by atoms with van der Waals surface area (Å²) in [5, 5.41) is 1.74. The van der Waals surface area contributed by atoms with Crippen LogP contribution in [0.1, 0.15) is 16.6 Å². The van der Waals surface area contributed by atoms with E-state index in [4.69, 9.17) is 17.4 Å². The van der Waals surface area contributed by atoms with Gasteiger partial charge in [0, 0.05) is 15.9 Å². The number of para-hydroxylation sites is 1. The van der Waals surface area contributed by atoms with Gasteiger partial charge in [0.25, 0.3) is 0 Å². The SMILES string of the molecule is NNC(Cc1nc2ccccc2s1)c1cc(Cl)cc(Br)c1. The van der Waals surface area contributed by atoms with Gasteiger partial charge in [-0.2, -0.15) is 0 Å². The van der Waals surface area contributed by atoms with E-state index in [9.17, 15) is 0 Å². The Morgan fingerprint density at radius 2 is 2.10 bits per heavy atom. The molecule has 1 heterocycles. The van der Waals surface area contributed by atoms with Crippen molar-refractivity contribution in [1.82, 2.24) is 10.4 Å². The van der Waals surface area contributed by atoms with E-state index in [1.807, 2.05) is 36.4 Å². The molecule has 1 unspecified atom stereocenters. The molecule has 3 N–H and O–H groups in total. The van der Waals surface area contributed by atoms with E-state index in [-0.39, 0.29) is 6.04 Å². The fraction of sp³-hybridized carbons (Fsp3) is 0.133. The summed E-state index contributed by atoms with van der Waals surface area (Å²) >= 11 is 11.3. The Labute approximate surface area is 140 Å². The first kappa shape index (κ1) is 14.9. The molecule has 0 fully saturated rings. The highest BCUT2D eigenvalue weighted by molar-refractivity contribution is 9.10. The van der Waals surface area contributed by atoms with Crippen LogP contribution >= 0.6 is 38.9 Å². The van der Waals surface area contributed by atoms with E-state index in [0.717, 1.165) is 27.0 Å². The minimum Gasteiger partial charge on any atom is -0.271 e.